The van der Waals surface area contributed by atoms with Gasteiger partial charge in [-0.1, -0.05) is 106 Å². The van der Waals surface area contributed by atoms with Crippen molar-refractivity contribution in [1.82, 2.24) is 0 Å². The zero-order chi connectivity index (χ0) is 27.2. The number of carbonyl (C=O) groups is 1. The van der Waals surface area contributed by atoms with Gasteiger partial charge in [-0.2, -0.15) is 0 Å². The maximum atomic E-state index is 13.3. The molecule has 0 saturated heterocycles. The Kier molecular flexibility index (Phi) is 8.56. The molecule has 3 aromatic rings. The van der Waals surface area contributed by atoms with E-state index in [0.717, 1.165) is 11.3 Å². The lowest BCUT2D eigenvalue weighted by atomic mass is 9.90. The summed E-state index contributed by atoms with van der Waals surface area (Å²) >= 11 is 0. The predicted molar refractivity (Wildman–Crippen MR) is 153 cm³/mol. The molecule has 200 valence electrons. The van der Waals surface area contributed by atoms with Crippen molar-refractivity contribution in [3.63, 3.8) is 0 Å². The minimum atomic E-state index is -2.78. The Hall–Kier alpha value is -3.19. The minimum absolute atomic E-state index is 0.171. The Morgan fingerprint density at radius 3 is 1.97 bits per heavy atom. The van der Waals surface area contributed by atoms with Crippen LogP contribution in [0.15, 0.2) is 97.1 Å². The number of benzene rings is 3. The maximum absolute atomic E-state index is 13.3. The fourth-order valence-electron chi connectivity index (χ4n) is 5.45. The molecule has 0 aromatic heterocycles. The van der Waals surface area contributed by atoms with Crippen LogP contribution in [0.2, 0.25) is 5.04 Å². The van der Waals surface area contributed by atoms with Gasteiger partial charge < -0.3 is 18.6 Å². The lowest BCUT2D eigenvalue weighted by Gasteiger charge is -2.44. The van der Waals surface area contributed by atoms with Crippen LogP contribution >= 0.6 is 0 Å². The summed E-state index contributed by atoms with van der Waals surface area (Å²) in [5, 5.41) is 2.22. The molecule has 0 spiro atoms. The molecule has 0 saturated carbocycles. The molecular weight excluding hydrogens is 492 g/mol. The molecule has 0 aliphatic heterocycles. The van der Waals surface area contributed by atoms with Gasteiger partial charge in [0.2, 0.25) is 0 Å². The van der Waals surface area contributed by atoms with Crippen LogP contribution in [0.3, 0.4) is 0 Å². The van der Waals surface area contributed by atoms with E-state index in [2.05, 4.69) is 69.3 Å². The van der Waals surface area contributed by atoms with E-state index in [1.807, 2.05) is 48.6 Å². The molecule has 2 atom stereocenters. The Bertz CT molecular complexity index is 1180. The van der Waals surface area contributed by atoms with Gasteiger partial charge in [0, 0.05) is 18.9 Å². The molecule has 1 aliphatic carbocycles. The zero-order valence-corrected chi connectivity index (χ0v) is 24.0. The quantitative estimate of drug-likeness (QED) is 0.203. The second-order valence-electron chi connectivity index (χ2n) is 10.7. The maximum Gasteiger partial charge on any atom is 0.339 e. The molecule has 5 nitrogen and oxygen atoms in total. The van der Waals surface area contributed by atoms with Crippen molar-refractivity contribution in [1.29, 1.82) is 0 Å². The van der Waals surface area contributed by atoms with Crippen molar-refractivity contribution in [3.05, 3.63) is 103 Å². The lowest BCUT2D eigenvalue weighted by molar-refractivity contribution is -0.177. The summed E-state index contributed by atoms with van der Waals surface area (Å²) in [7, 11) is 0.276. The first-order valence-electron chi connectivity index (χ1n) is 13.0. The first kappa shape index (κ1) is 27.8. The summed E-state index contributed by atoms with van der Waals surface area (Å²) in [5.74, 6) is 0.0949. The van der Waals surface area contributed by atoms with Crippen LogP contribution in [0.4, 0.5) is 0 Å². The molecule has 0 radical (unpaired) electrons. The molecule has 38 heavy (non-hydrogen) atoms. The van der Waals surface area contributed by atoms with Gasteiger partial charge in [-0.25, -0.2) is 4.79 Å². The third-order valence-corrected chi connectivity index (χ3v) is 12.5. The van der Waals surface area contributed by atoms with Gasteiger partial charge >= 0.3 is 5.97 Å². The van der Waals surface area contributed by atoms with E-state index in [0.29, 0.717) is 13.0 Å². The molecular formula is C32H38O5Si. The standard InChI is InChI=1S/C32H38O5Si/c1-31(2,3)38(28-14-8-6-9-15-28,29-16-10-7-11-17-29)37-24-26-13-12-22-32(26,30(33)35-5)36-23-25-18-20-27(34-4)21-19-25/h6-21,26H,22-24H2,1-5H3/t26-,32+/m0/s1. The van der Waals surface area contributed by atoms with Crippen LogP contribution < -0.4 is 15.1 Å². The van der Waals surface area contributed by atoms with Crippen molar-refractivity contribution in [2.75, 3.05) is 20.8 Å². The van der Waals surface area contributed by atoms with E-state index in [-0.39, 0.29) is 23.5 Å². The van der Waals surface area contributed by atoms with Gasteiger partial charge in [-0.15, -0.1) is 0 Å². The number of hydrogen-bond donors (Lipinski definition) is 0. The summed E-state index contributed by atoms with van der Waals surface area (Å²) in [6, 6.07) is 28.7. The Balaban J connectivity index is 1.67. The zero-order valence-electron chi connectivity index (χ0n) is 23.0. The van der Waals surface area contributed by atoms with E-state index >= 15 is 0 Å². The summed E-state index contributed by atoms with van der Waals surface area (Å²) in [6.45, 7) is 7.35. The minimum Gasteiger partial charge on any atom is -0.497 e. The summed E-state index contributed by atoms with van der Waals surface area (Å²) in [5.41, 5.74) is -0.201. The normalized spacial score (nSPS) is 19.3. The second-order valence-corrected chi connectivity index (χ2v) is 15.0. The van der Waals surface area contributed by atoms with Crippen molar-refractivity contribution in [2.45, 2.75) is 44.4 Å². The number of hydrogen-bond acceptors (Lipinski definition) is 5. The molecule has 4 rings (SSSR count). The third-order valence-electron chi connectivity index (χ3n) is 7.47. The fourth-order valence-corrected chi connectivity index (χ4v) is 10.0. The number of ether oxygens (including phenoxy) is 3. The highest BCUT2D eigenvalue weighted by Crippen LogP contribution is 2.40. The van der Waals surface area contributed by atoms with Gasteiger partial charge in [0.25, 0.3) is 8.32 Å². The average molecular weight is 531 g/mol. The molecule has 1 aliphatic rings. The number of esters is 1. The van der Waals surface area contributed by atoms with Gasteiger partial charge in [0.05, 0.1) is 20.8 Å². The van der Waals surface area contributed by atoms with E-state index < -0.39 is 13.9 Å². The molecule has 6 heteroatoms. The summed E-state index contributed by atoms with van der Waals surface area (Å²) < 4.78 is 24.2. The van der Waals surface area contributed by atoms with E-state index in [9.17, 15) is 4.79 Å². The SMILES string of the molecule is COC(=O)[C@@]1(OCc2ccc(OC)cc2)CC=C[C@H]1CO[Si](c1ccccc1)(c1ccccc1)C(C)(C)C. The second kappa shape index (κ2) is 11.7. The monoisotopic (exact) mass is 530 g/mol. The molecule has 0 heterocycles. The lowest BCUT2D eigenvalue weighted by Crippen LogP contribution is -2.67. The average Bonchev–Trinajstić information content (AvgIpc) is 3.36. The molecule has 0 fully saturated rings. The van der Waals surface area contributed by atoms with Crippen LogP contribution in [-0.2, 0) is 25.3 Å². The van der Waals surface area contributed by atoms with Gasteiger partial charge in [0.1, 0.15) is 5.75 Å². The molecule has 0 N–H and O–H groups in total. The highest BCUT2D eigenvalue weighted by atomic mass is 28.4. The highest BCUT2D eigenvalue weighted by Gasteiger charge is 2.54. The van der Waals surface area contributed by atoms with Crippen LogP contribution in [-0.4, -0.2) is 40.7 Å². The van der Waals surface area contributed by atoms with Crippen LogP contribution in [0.1, 0.15) is 32.8 Å². The molecule has 0 unspecified atom stereocenters. The summed E-state index contributed by atoms with van der Waals surface area (Å²) in [6.07, 6.45) is 4.48. The first-order chi connectivity index (χ1) is 18.3. The number of carbonyl (C=O) groups excluding carboxylic acids is 1. The van der Waals surface area contributed by atoms with E-state index in [1.54, 1.807) is 7.11 Å². The third kappa shape index (κ3) is 5.34. The van der Waals surface area contributed by atoms with Crippen molar-refractivity contribution >= 4 is 24.7 Å². The van der Waals surface area contributed by atoms with Crippen LogP contribution in [0.5, 0.6) is 5.75 Å². The topological polar surface area (TPSA) is 54.0 Å². The summed E-state index contributed by atoms with van der Waals surface area (Å²) in [4.78, 5) is 13.3. The highest BCUT2D eigenvalue weighted by molar-refractivity contribution is 6.99. The number of methoxy groups -OCH3 is 2. The smallest absolute Gasteiger partial charge is 0.339 e. The van der Waals surface area contributed by atoms with E-state index in [4.69, 9.17) is 18.6 Å². The first-order valence-corrected chi connectivity index (χ1v) is 14.9. The van der Waals surface area contributed by atoms with Crippen molar-refractivity contribution in [3.8, 4) is 5.75 Å². The molecule has 0 bridgehead atoms. The van der Waals surface area contributed by atoms with Crippen LogP contribution in [0.25, 0.3) is 0 Å². The van der Waals surface area contributed by atoms with Gasteiger partial charge in [-0.05, 0) is 33.1 Å². The van der Waals surface area contributed by atoms with Crippen molar-refractivity contribution < 1.29 is 23.4 Å². The van der Waals surface area contributed by atoms with Gasteiger partial charge in [-0.3, -0.25) is 0 Å². The predicted octanol–water partition coefficient (Wildman–Crippen LogP) is 5.28. The van der Waals surface area contributed by atoms with Crippen LogP contribution in [0, 0.1) is 5.92 Å². The fraction of sp³-hybridized carbons (Fsp3) is 0.344. The Morgan fingerprint density at radius 2 is 1.47 bits per heavy atom. The molecule has 3 aromatic carbocycles. The Labute approximate surface area is 227 Å². The van der Waals surface area contributed by atoms with Crippen molar-refractivity contribution in [2.24, 2.45) is 5.92 Å². The largest absolute Gasteiger partial charge is 0.497 e. The molecule has 0 amide bonds. The van der Waals surface area contributed by atoms with E-state index in [1.165, 1.54) is 17.5 Å². The van der Waals surface area contributed by atoms with Gasteiger partial charge in [0.15, 0.2) is 5.60 Å². The number of rotatable bonds is 10. The Morgan fingerprint density at radius 1 is 0.895 bits per heavy atom.